The van der Waals surface area contributed by atoms with Crippen LogP contribution < -0.4 is 19.1 Å². The van der Waals surface area contributed by atoms with Gasteiger partial charge >= 0.3 is 0 Å². The highest BCUT2D eigenvalue weighted by atomic mass is 16.6. The average Bonchev–Trinajstić information content (AvgIpc) is 3.29. The van der Waals surface area contributed by atoms with Gasteiger partial charge in [-0.1, -0.05) is 18.2 Å². The molecule has 2 fully saturated rings. The zero-order valence-corrected chi connectivity index (χ0v) is 19.9. The minimum absolute atomic E-state index is 0.0502. The lowest BCUT2D eigenvalue weighted by molar-refractivity contribution is -0.147. The molecule has 0 saturated carbocycles. The molecule has 0 aromatic heterocycles. The van der Waals surface area contributed by atoms with Crippen LogP contribution in [0.5, 0.6) is 17.2 Å². The molecular weight excluding hydrogens is 450 g/mol. The first-order chi connectivity index (χ1) is 16.9. The van der Waals surface area contributed by atoms with Gasteiger partial charge in [-0.3, -0.25) is 14.4 Å². The lowest BCUT2D eigenvalue weighted by Crippen LogP contribution is -2.56. The van der Waals surface area contributed by atoms with Gasteiger partial charge in [0.1, 0.15) is 12.4 Å². The summed E-state index contributed by atoms with van der Waals surface area (Å²) >= 11 is 0. The van der Waals surface area contributed by atoms with Crippen LogP contribution in [-0.2, 0) is 14.4 Å². The predicted octanol–water partition coefficient (Wildman–Crippen LogP) is 1.87. The first kappa shape index (κ1) is 23.0. The van der Waals surface area contributed by atoms with Crippen LogP contribution in [-0.4, -0.2) is 80.1 Å². The quantitative estimate of drug-likeness (QED) is 0.665. The molecule has 0 radical (unpaired) electrons. The van der Waals surface area contributed by atoms with Crippen LogP contribution in [0.25, 0.3) is 0 Å². The summed E-state index contributed by atoms with van der Waals surface area (Å²) in [5.41, 5.74) is 1.71. The van der Waals surface area contributed by atoms with Crippen LogP contribution in [0.15, 0.2) is 42.5 Å². The number of aryl methyl sites for hydroxylation is 1. The number of anilines is 1. The molecule has 2 aromatic rings. The Morgan fingerprint density at radius 3 is 2.37 bits per heavy atom. The number of piperazine rings is 1. The van der Waals surface area contributed by atoms with E-state index >= 15 is 0 Å². The zero-order valence-electron chi connectivity index (χ0n) is 19.9. The number of amides is 3. The molecule has 0 aliphatic carbocycles. The van der Waals surface area contributed by atoms with Crippen molar-refractivity contribution in [2.45, 2.75) is 19.4 Å². The summed E-state index contributed by atoms with van der Waals surface area (Å²) in [5, 5.41) is 0. The molecule has 3 heterocycles. The van der Waals surface area contributed by atoms with E-state index in [1.165, 1.54) is 0 Å². The van der Waals surface area contributed by atoms with Gasteiger partial charge in [0.05, 0.1) is 18.7 Å². The Balaban J connectivity index is 1.17. The molecule has 0 bridgehead atoms. The SMILES string of the molecule is COc1ccc(C)cc1N1CC(C(=O)N2CCN(C(=O)C3COc4ccccc4O3)CC2)CC1=O. The number of nitrogens with zero attached hydrogens (tertiary/aromatic N) is 3. The highest BCUT2D eigenvalue weighted by molar-refractivity contribution is 6.01. The van der Waals surface area contributed by atoms with Crippen molar-refractivity contribution < 1.29 is 28.6 Å². The molecule has 3 aliphatic rings. The van der Waals surface area contributed by atoms with Gasteiger partial charge in [-0.25, -0.2) is 0 Å². The highest BCUT2D eigenvalue weighted by Crippen LogP contribution is 2.35. The Bertz CT molecular complexity index is 1140. The second-order valence-corrected chi connectivity index (χ2v) is 9.10. The maximum Gasteiger partial charge on any atom is 0.267 e. The number of hydrogen-bond acceptors (Lipinski definition) is 6. The first-order valence-corrected chi connectivity index (χ1v) is 11.9. The third kappa shape index (κ3) is 4.50. The molecule has 9 heteroatoms. The summed E-state index contributed by atoms with van der Waals surface area (Å²) in [6.07, 6.45) is -0.528. The van der Waals surface area contributed by atoms with E-state index in [2.05, 4.69) is 0 Å². The molecule has 35 heavy (non-hydrogen) atoms. The smallest absolute Gasteiger partial charge is 0.267 e. The molecular formula is C26H29N3O6. The van der Waals surface area contributed by atoms with Gasteiger partial charge in [0.15, 0.2) is 11.5 Å². The topological polar surface area (TPSA) is 88.6 Å². The van der Waals surface area contributed by atoms with Gasteiger partial charge < -0.3 is 28.9 Å². The van der Waals surface area contributed by atoms with Crippen molar-refractivity contribution >= 4 is 23.4 Å². The summed E-state index contributed by atoms with van der Waals surface area (Å²) in [6, 6.07) is 13.0. The Morgan fingerprint density at radius 2 is 1.66 bits per heavy atom. The fourth-order valence-electron chi connectivity index (χ4n) is 4.87. The van der Waals surface area contributed by atoms with Gasteiger partial charge in [-0.05, 0) is 36.8 Å². The number of carbonyl (C=O) groups excluding carboxylic acids is 3. The van der Waals surface area contributed by atoms with Crippen molar-refractivity contribution in [3.8, 4) is 17.2 Å². The minimum Gasteiger partial charge on any atom is -0.495 e. The summed E-state index contributed by atoms with van der Waals surface area (Å²) < 4.78 is 16.9. The number of methoxy groups -OCH3 is 1. The van der Waals surface area contributed by atoms with Crippen molar-refractivity contribution in [2.24, 2.45) is 5.92 Å². The fourth-order valence-corrected chi connectivity index (χ4v) is 4.87. The molecule has 9 nitrogen and oxygen atoms in total. The molecule has 2 aromatic carbocycles. The number of ether oxygens (including phenoxy) is 3. The zero-order chi connectivity index (χ0) is 24.5. The standard InChI is InChI=1S/C26H29N3O6/c1-17-7-8-20(33-2)19(13-17)29-15-18(14-24(29)30)25(31)27-9-11-28(12-10-27)26(32)23-16-34-21-5-3-4-6-22(21)35-23/h3-8,13,18,23H,9-12,14-16H2,1-2H3. The van der Waals surface area contributed by atoms with Gasteiger partial charge in [0, 0.05) is 39.1 Å². The Kier molecular flexibility index (Phi) is 6.23. The maximum atomic E-state index is 13.2. The van der Waals surface area contributed by atoms with E-state index in [1.807, 2.05) is 43.3 Å². The van der Waals surface area contributed by atoms with Gasteiger partial charge in [0.2, 0.25) is 17.9 Å². The number of carbonyl (C=O) groups is 3. The molecule has 2 saturated heterocycles. The Morgan fingerprint density at radius 1 is 0.971 bits per heavy atom. The number of benzene rings is 2. The number of fused-ring (bicyclic) bond motifs is 1. The molecule has 2 unspecified atom stereocenters. The summed E-state index contributed by atoms with van der Waals surface area (Å²) in [6.45, 7) is 4.13. The van der Waals surface area contributed by atoms with Crippen molar-refractivity contribution in [3.05, 3.63) is 48.0 Å². The van der Waals surface area contributed by atoms with E-state index in [0.717, 1.165) is 5.56 Å². The van der Waals surface area contributed by atoms with Crippen LogP contribution in [0.2, 0.25) is 0 Å². The number of hydrogen-bond donors (Lipinski definition) is 0. The molecule has 0 N–H and O–H groups in total. The van der Waals surface area contributed by atoms with Gasteiger partial charge in [0.25, 0.3) is 5.91 Å². The van der Waals surface area contributed by atoms with Crippen LogP contribution in [0, 0.1) is 12.8 Å². The lowest BCUT2D eigenvalue weighted by atomic mass is 10.1. The second kappa shape index (κ2) is 9.48. The van der Waals surface area contributed by atoms with E-state index in [9.17, 15) is 14.4 Å². The van der Waals surface area contributed by atoms with E-state index in [4.69, 9.17) is 14.2 Å². The number of rotatable bonds is 4. The predicted molar refractivity (Wildman–Crippen MR) is 128 cm³/mol. The van der Waals surface area contributed by atoms with E-state index in [0.29, 0.717) is 55.7 Å². The van der Waals surface area contributed by atoms with Crippen LogP contribution in [0.3, 0.4) is 0 Å². The van der Waals surface area contributed by atoms with Crippen LogP contribution in [0.4, 0.5) is 5.69 Å². The molecule has 0 spiro atoms. The highest BCUT2D eigenvalue weighted by Gasteiger charge is 2.40. The molecule has 3 amide bonds. The van der Waals surface area contributed by atoms with Crippen molar-refractivity contribution in [3.63, 3.8) is 0 Å². The Hall–Kier alpha value is -3.75. The summed E-state index contributed by atoms with van der Waals surface area (Å²) in [4.78, 5) is 44.1. The monoisotopic (exact) mass is 479 g/mol. The first-order valence-electron chi connectivity index (χ1n) is 11.9. The maximum absolute atomic E-state index is 13.2. The van der Waals surface area contributed by atoms with E-state index < -0.39 is 12.0 Å². The van der Waals surface area contributed by atoms with Crippen molar-refractivity contribution in [2.75, 3.05) is 51.3 Å². The van der Waals surface area contributed by atoms with Crippen molar-refractivity contribution in [1.29, 1.82) is 0 Å². The molecule has 184 valence electrons. The molecule has 2 atom stereocenters. The summed E-state index contributed by atoms with van der Waals surface area (Å²) in [7, 11) is 1.57. The lowest BCUT2D eigenvalue weighted by Gasteiger charge is -2.38. The third-order valence-electron chi connectivity index (χ3n) is 6.79. The third-order valence-corrected chi connectivity index (χ3v) is 6.79. The van der Waals surface area contributed by atoms with Crippen LogP contribution in [0.1, 0.15) is 12.0 Å². The second-order valence-electron chi connectivity index (χ2n) is 9.10. The van der Waals surface area contributed by atoms with Crippen molar-refractivity contribution in [1.82, 2.24) is 9.80 Å². The molecule has 5 rings (SSSR count). The summed E-state index contributed by atoms with van der Waals surface area (Å²) in [5.74, 6) is 1.12. The van der Waals surface area contributed by atoms with E-state index in [-0.39, 0.29) is 30.7 Å². The van der Waals surface area contributed by atoms with E-state index in [1.54, 1.807) is 27.9 Å². The van der Waals surface area contributed by atoms with Gasteiger partial charge in [-0.15, -0.1) is 0 Å². The van der Waals surface area contributed by atoms with Gasteiger partial charge in [-0.2, -0.15) is 0 Å². The minimum atomic E-state index is -0.697. The Labute approximate surface area is 204 Å². The normalized spacial score (nSPS) is 21.8. The average molecular weight is 480 g/mol. The van der Waals surface area contributed by atoms with Crippen LogP contribution >= 0.6 is 0 Å². The largest absolute Gasteiger partial charge is 0.495 e. The fraction of sp³-hybridized carbons (Fsp3) is 0.423. The number of para-hydroxylation sites is 2. The molecule has 3 aliphatic heterocycles.